The van der Waals surface area contributed by atoms with Crippen molar-refractivity contribution in [2.75, 3.05) is 6.61 Å². The smallest absolute Gasteiger partial charge is 0.181 e. The molecule has 0 aliphatic heterocycles. The Labute approximate surface area is 91.2 Å². The van der Waals surface area contributed by atoms with Crippen molar-refractivity contribution in [1.82, 2.24) is 0 Å². The molecule has 0 aliphatic rings. The van der Waals surface area contributed by atoms with Gasteiger partial charge in [-0.3, -0.25) is 0 Å². The van der Waals surface area contributed by atoms with Gasteiger partial charge in [-0.05, 0) is 12.0 Å². The quantitative estimate of drug-likeness (QED) is 0.572. The fourth-order valence-electron chi connectivity index (χ4n) is 1.35. The van der Waals surface area contributed by atoms with Gasteiger partial charge in [0.25, 0.3) is 0 Å². The lowest BCUT2D eigenvalue weighted by Crippen LogP contribution is -2.06. The number of aliphatic hydroxyl groups excluding tert-OH is 1. The van der Waals surface area contributed by atoms with Gasteiger partial charge in [0.2, 0.25) is 0 Å². The molecule has 0 fully saturated rings. The third kappa shape index (κ3) is 3.50. The van der Waals surface area contributed by atoms with Crippen LogP contribution in [0.2, 0.25) is 0 Å². The van der Waals surface area contributed by atoms with E-state index >= 15 is 0 Å². The van der Waals surface area contributed by atoms with Crippen molar-refractivity contribution < 1.29 is 9.84 Å². The lowest BCUT2D eigenvalue weighted by molar-refractivity contribution is -0.103. The topological polar surface area (TPSA) is 29.5 Å². The highest BCUT2D eigenvalue weighted by Crippen LogP contribution is 2.20. The van der Waals surface area contributed by atoms with Gasteiger partial charge in [-0.2, -0.15) is 0 Å². The van der Waals surface area contributed by atoms with Crippen LogP contribution in [0.1, 0.15) is 37.2 Å². The Hall–Kier alpha value is -1.12. The summed E-state index contributed by atoms with van der Waals surface area (Å²) < 4.78 is 5.32. The SMILES string of the molecule is C=Cc1ccccc1C(O)OCCCC. The normalized spacial score (nSPS) is 12.4. The van der Waals surface area contributed by atoms with E-state index in [0.29, 0.717) is 6.61 Å². The van der Waals surface area contributed by atoms with Crippen molar-refractivity contribution in [3.05, 3.63) is 42.0 Å². The van der Waals surface area contributed by atoms with Gasteiger partial charge < -0.3 is 9.84 Å². The maximum atomic E-state index is 9.79. The Morgan fingerprint density at radius 2 is 2.20 bits per heavy atom. The Bertz CT molecular complexity index is 307. The molecular formula is C13H18O2. The minimum Gasteiger partial charge on any atom is -0.364 e. The van der Waals surface area contributed by atoms with Gasteiger partial charge in [0.1, 0.15) is 0 Å². The zero-order valence-corrected chi connectivity index (χ0v) is 9.15. The molecule has 0 spiro atoms. The summed E-state index contributed by atoms with van der Waals surface area (Å²) in [6, 6.07) is 7.57. The lowest BCUT2D eigenvalue weighted by Gasteiger charge is -2.14. The highest BCUT2D eigenvalue weighted by atomic mass is 16.6. The second-order valence-corrected chi connectivity index (χ2v) is 3.41. The molecule has 0 radical (unpaired) electrons. The van der Waals surface area contributed by atoms with Crippen molar-refractivity contribution in [3.8, 4) is 0 Å². The second-order valence-electron chi connectivity index (χ2n) is 3.41. The van der Waals surface area contributed by atoms with E-state index in [0.717, 1.165) is 24.0 Å². The average Bonchev–Trinajstić information content (AvgIpc) is 2.29. The lowest BCUT2D eigenvalue weighted by atomic mass is 10.1. The molecular weight excluding hydrogens is 188 g/mol. The zero-order chi connectivity index (χ0) is 11.1. The molecule has 0 aliphatic carbocycles. The van der Waals surface area contributed by atoms with Gasteiger partial charge in [-0.25, -0.2) is 0 Å². The highest BCUT2D eigenvalue weighted by Gasteiger charge is 2.09. The second kappa shape index (κ2) is 6.38. The molecule has 1 atom stereocenters. The van der Waals surface area contributed by atoms with Crippen molar-refractivity contribution in [2.45, 2.75) is 26.1 Å². The molecule has 0 heterocycles. The van der Waals surface area contributed by atoms with Crippen LogP contribution >= 0.6 is 0 Å². The third-order valence-corrected chi connectivity index (χ3v) is 2.26. The zero-order valence-electron chi connectivity index (χ0n) is 9.15. The molecule has 82 valence electrons. The van der Waals surface area contributed by atoms with E-state index in [-0.39, 0.29) is 0 Å². The fraction of sp³-hybridized carbons (Fsp3) is 0.385. The van der Waals surface area contributed by atoms with Crippen LogP contribution in [0.25, 0.3) is 6.08 Å². The molecule has 0 bridgehead atoms. The van der Waals surface area contributed by atoms with Crippen molar-refractivity contribution in [2.24, 2.45) is 0 Å². The molecule has 0 saturated heterocycles. The number of unbranched alkanes of at least 4 members (excludes halogenated alkanes) is 1. The summed E-state index contributed by atoms with van der Waals surface area (Å²) in [5.74, 6) is 0. The standard InChI is InChI=1S/C13H18O2/c1-3-5-10-15-13(14)12-9-7-6-8-11(12)4-2/h4,6-9,13-14H,2-3,5,10H2,1H3. The van der Waals surface area contributed by atoms with E-state index in [9.17, 15) is 5.11 Å². The Morgan fingerprint density at radius 3 is 2.87 bits per heavy atom. The van der Waals surface area contributed by atoms with Crippen molar-refractivity contribution >= 4 is 6.08 Å². The number of aliphatic hydroxyl groups is 1. The fourth-order valence-corrected chi connectivity index (χ4v) is 1.35. The summed E-state index contributed by atoms with van der Waals surface area (Å²) in [6.45, 7) is 6.38. The molecule has 1 aromatic carbocycles. The van der Waals surface area contributed by atoms with E-state index in [1.807, 2.05) is 24.3 Å². The maximum absolute atomic E-state index is 9.79. The van der Waals surface area contributed by atoms with Crippen LogP contribution < -0.4 is 0 Å². The van der Waals surface area contributed by atoms with Crippen LogP contribution in [0.5, 0.6) is 0 Å². The van der Waals surface area contributed by atoms with Crippen LogP contribution in [0.4, 0.5) is 0 Å². The predicted octanol–water partition coefficient (Wildman–Crippen LogP) is 3.14. The van der Waals surface area contributed by atoms with E-state index in [2.05, 4.69) is 13.5 Å². The van der Waals surface area contributed by atoms with E-state index in [1.54, 1.807) is 6.08 Å². The minimum absolute atomic E-state index is 0.586. The first-order valence-corrected chi connectivity index (χ1v) is 5.30. The minimum atomic E-state index is -0.842. The number of hydrogen-bond donors (Lipinski definition) is 1. The molecule has 1 unspecified atom stereocenters. The van der Waals surface area contributed by atoms with Gasteiger partial charge in [-0.15, -0.1) is 0 Å². The molecule has 15 heavy (non-hydrogen) atoms. The molecule has 0 amide bonds. The Morgan fingerprint density at radius 1 is 1.47 bits per heavy atom. The molecule has 2 nitrogen and oxygen atoms in total. The first kappa shape index (κ1) is 12.0. The molecule has 1 N–H and O–H groups in total. The van der Waals surface area contributed by atoms with Crippen LogP contribution in [-0.2, 0) is 4.74 Å². The van der Waals surface area contributed by atoms with Gasteiger partial charge in [-0.1, -0.05) is 50.3 Å². The van der Waals surface area contributed by atoms with E-state index in [4.69, 9.17) is 4.74 Å². The summed E-state index contributed by atoms with van der Waals surface area (Å²) in [5.41, 5.74) is 1.70. The summed E-state index contributed by atoms with van der Waals surface area (Å²) >= 11 is 0. The number of hydrogen-bond acceptors (Lipinski definition) is 2. The van der Waals surface area contributed by atoms with Crippen LogP contribution in [-0.4, -0.2) is 11.7 Å². The van der Waals surface area contributed by atoms with Crippen LogP contribution in [0.15, 0.2) is 30.8 Å². The number of rotatable bonds is 6. The Kier molecular flexibility index (Phi) is 5.08. The molecule has 0 saturated carbocycles. The molecule has 2 heteroatoms. The van der Waals surface area contributed by atoms with Gasteiger partial charge in [0.15, 0.2) is 6.29 Å². The molecule has 1 rings (SSSR count). The Balaban J connectivity index is 2.63. The van der Waals surface area contributed by atoms with E-state index < -0.39 is 6.29 Å². The van der Waals surface area contributed by atoms with Gasteiger partial charge >= 0.3 is 0 Å². The van der Waals surface area contributed by atoms with Gasteiger partial charge in [0.05, 0.1) is 6.61 Å². The summed E-state index contributed by atoms with van der Waals surface area (Å²) in [7, 11) is 0. The third-order valence-electron chi connectivity index (χ3n) is 2.26. The predicted molar refractivity (Wildman–Crippen MR) is 62.4 cm³/mol. The number of ether oxygens (including phenoxy) is 1. The molecule has 0 aromatic heterocycles. The van der Waals surface area contributed by atoms with Crippen molar-refractivity contribution in [1.29, 1.82) is 0 Å². The summed E-state index contributed by atoms with van der Waals surface area (Å²) in [4.78, 5) is 0. The first-order chi connectivity index (χ1) is 7.29. The largest absolute Gasteiger partial charge is 0.364 e. The summed E-state index contributed by atoms with van der Waals surface area (Å²) in [5, 5.41) is 9.79. The van der Waals surface area contributed by atoms with Crippen molar-refractivity contribution in [3.63, 3.8) is 0 Å². The maximum Gasteiger partial charge on any atom is 0.181 e. The molecule has 1 aromatic rings. The average molecular weight is 206 g/mol. The van der Waals surface area contributed by atoms with Crippen LogP contribution in [0, 0.1) is 0 Å². The van der Waals surface area contributed by atoms with Gasteiger partial charge in [0, 0.05) is 5.56 Å². The first-order valence-electron chi connectivity index (χ1n) is 5.30. The highest BCUT2D eigenvalue weighted by molar-refractivity contribution is 5.52. The monoisotopic (exact) mass is 206 g/mol. The van der Waals surface area contributed by atoms with E-state index in [1.165, 1.54) is 0 Å². The van der Waals surface area contributed by atoms with Crippen LogP contribution in [0.3, 0.4) is 0 Å². The summed E-state index contributed by atoms with van der Waals surface area (Å²) in [6.07, 6.45) is 2.91. The number of benzene rings is 1.